The van der Waals surface area contributed by atoms with Crippen molar-refractivity contribution in [2.45, 2.75) is 26.8 Å². The molecule has 1 aromatic rings. The van der Waals surface area contributed by atoms with E-state index in [1.54, 1.807) is 19.9 Å². The first-order valence-corrected chi connectivity index (χ1v) is 9.21. The van der Waals surface area contributed by atoms with Crippen LogP contribution >= 0.6 is 0 Å². The highest BCUT2D eigenvalue weighted by molar-refractivity contribution is 5.95. The molecule has 1 atom stereocenters. The van der Waals surface area contributed by atoms with E-state index in [9.17, 15) is 19.2 Å². The number of ether oxygens (including phenoxy) is 4. The maximum atomic E-state index is 12.2. The number of benzene rings is 1. The smallest absolute Gasteiger partial charge is 0.344 e. The van der Waals surface area contributed by atoms with Crippen molar-refractivity contribution in [2.75, 3.05) is 26.9 Å². The van der Waals surface area contributed by atoms with E-state index >= 15 is 0 Å². The number of urea groups is 1. The summed E-state index contributed by atoms with van der Waals surface area (Å²) in [5, 5.41) is 5.01. The molecule has 1 aliphatic rings. The maximum absolute atomic E-state index is 12.2. The number of amides is 2. The number of methoxy groups -OCH3 is 1. The SMILES string of the molecule is CCOC(=O)C1=C(COC(=O)COc2ccc(C(C)=O)cc2OC)NC(=O)N[C@H]1C. The molecule has 162 valence electrons. The Kier molecular flexibility index (Phi) is 7.79. The minimum Gasteiger partial charge on any atom is -0.493 e. The first kappa shape index (κ1) is 22.7. The molecule has 0 fully saturated rings. The van der Waals surface area contributed by atoms with Gasteiger partial charge in [0.2, 0.25) is 0 Å². The molecule has 30 heavy (non-hydrogen) atoms. The predicted octanol–water partition coefficient (Wildman–Crippen LogP) is 1.34. The fourth-order valence-corrected chi connectivity index (χ4v) is 2.73. The first-order valence-electron chi connectivity index (χ1n) is 9.21. The van der Waals surface area contributed by atoms with Crippen LogP contribution in [0.2, 0.25) is 0 Å². The molecule has 0 saturated carbocycles. The number of rotatable bonds is 9. The summed E-state index contributed by atoms with van der Waals surface area (Å²) >= 11 is 0. The van der Waals surface area contributed by atoms with Crippen LogP contribution in [0.25, 0.3) is 0 Å². The molecule has 0 spiro atoms. The molecule has 0 radical (unpaired) electrons. The fraction of sp³-hybridized carbons (Fsp3) is 0.400. The molecule has 10 nitrogen and oxygen atoms in total. The van der Waals surface area contributed by atoms with Gasteiger partial charge < -0.3 is 29.6 Å². The van der Waals surface area contributed by atoms with Crippen LogP contribution in [0, 0.1) is 0 Å². The van der Waals surface area contributed by atoms with Gasteiger partial charge in [0.25, 0.3) is 0 Å². The van der Waals surface area contributed by atoms with Crippen molar-refractivity contribution >= 4 is 23.8 Å². The van der Waals surface area contributed by atoms with Crippen LogP contribution in [0.15, 0.2) is 29.5 Å². The average Bonchev–Trinajstić information content (AvgIpc) is 2.70. The zero-order chi connectivity index (χ0) is 22.3. The first-order chi connectivity index (χ1) is 14.3. The van der Waals surface area contributed by atoms with Gasteiger partial charge >= 0.3 is 18.0 Å². The fourth-order valence-electron chi connectivity index (χ4n) is 2.73. The third kappa shape index (κ3) is 5.72. The molecule has 2 rings (SSSR count). The number of carbonyl (C=O) groups excluding carboxylic acids is 4. The summed E-state index contributed by atoms with van der Waals surface area (Å²) in [6, 6.07) is 3.44. The summed E-state index contributed by atoms with van der Waals surface area (Å²) in [5.74, 6) is -0.931. The highest BCUT2D eigenvalue weighted by Gasteiger charge is 2.30. The average molecular weight is 420 g/mol. The number of Topliss-reactive ketones (excluding diaryl/α,β-unsaturated/α-hetero) is 1. The molecule has 0 unspecified atom stereocenters. The minimum atomic E-state index is -0.733. The van der Waals surface area contributed by atoms with E-state index in [0.29, 0.717) is 11.3 Å². The Labute approximate surface area is 173 Å². The van der Waals surface area contributed by atoms with Crippen LogP contribution in [-0.2, 0) is 19.1 Å². The number of carbonyl (C=O) groups is 4. The number of ketones is 1. The van der Waals surface area contributed by atoms with Crippen molar-refractivity contribution in [3.8, 4) is 11.5 Å². The topological polar surface area (TPSA) is 129 Å². The second-order valence-electron chi connectivity index (χ2n) is 6.30. The van der Waals surface area contributed by atoms with Crippen molar-refractivity contribution < 1.29 is 38.1 Å². The molecule has 0 aromatic heterocycles. The minimum absolute atomic E-state index is 0.136. The molecular weight excluding hydrogens is 396 g/mol. The second kappa shape index (κ2) is 10.3. The van der Waals surface area contributed by atoms with E-state index in [4.69, 9.17) is 18.9 Å². The van der Waals surface area contributed by atoms with Gasteiger partial charge in [-0.15, -0.1) is 0 Å². The van der Waals surface area contributed by atoms with Crippen LogP contribution in [0.1, 0.15) is 31.1 Å². The standard InChI is InChI=1S/C20H24N2O8/c1-5-28-19(25)18-11(2)21-20(26)22-14(18)9-30-17(24)10-29-15-7-6-13(12(3)23)8-16(15)27-4/h6-8,11H,5,9-10H2,1-4H3,(H2,21,22,26)/t11-/m0/s1. The van der Waals surface area contributed by atoms with Crippen LogP contribution in [0.4, 0.5) is 4.79 Å². The largest absolute Gasteiger partial charge is 0.493 e. The molecule has 2 N–H and O–H groups in total. The van der Waals surface area contributed by atoms with Gasteiger partial charge in [-0.2, -0.15) is 0 Å². The molecule has 1 heterocycles. The lowest BCUT2D eigenvalue weighted by Gasteiger charge is -2.26. The van der Waals surface area contributed by atoms with Gasteiger partial charge in [0.05, 0.1) is 31.0 Å². The van der Waals surface area contributed by atoms with E-state index in [1.807, 2.05) is 0 Å². The summed E-state index contributed by atoms with van der Waals surface area (Å²) < 4.78 is 20.7. The number of hydrogen-bond donors (Lipinski definition) is 2. The monoisotopic (exact) mass is 420 g/mol. The van der Waals surface area contributed by atoms with Gasteiger partial charge in [-0.25, -0.2) is 14.4 Å². The Morgan fingerprint density at radius 3 is 2.50 bits per heavy atom. The lowest BCUT2D eigenvalue weighted by atomic mass is 10.0. The Bertz CT molecular complexity index is 878. The highest BCUT2D eigenvalue weighted by atomic mass is 16.6. The van der Waals surface area contributed by atoms with E-state index in [-0.39, 0.29) is 36.0 Å². The number of esters is 2. The molecule has 0 bridgehead atoms. The van der Waals surface area contributed by atoms with Crippen molar-refractivity contribution in [3.05, 3.63) is 35.0 Å². The van der Waals surface area contributed by atoms with Gasteiger partial charge in [0.1, 0.15) is 6.61 Å². The Hall–Kier alpha value is -3.56. The number of nitrogens with one attached hydrogen (secondary N) is 2. The molecular formula is C20H24N2O8. The lowest BCUT2D eigenvalue weighted by molar-refractivity contribution is -0.145. The zero-order valence-electron chi connectivity index (χ0n) is 17.2. The third-order valence-corrected chi connectivity index (χ3v) is 4.16. The van der Waals surface area contributed by atoms with Crippen LogP contribution in [0.5, 0.6) is 11.5 Å². The van der Waals surface area contributed by atoms with Crippen LogP contribution in [-0.4, -0.2) is 56.7 Å². The summed E-state index contributed by atoms with van der Waals surface area (Å²) in [6.45, 7) is 4.08. The highest BCUT2D eigenvalue weighted by Crippen LogP contribution is 2.28. The Balaban J connectivity index is 2.02. The van der Waals surface area contributed by atoms with Gasteiger partial charge in [0.15, 0.2) is 23.9 Å². The summed E-state index contributed by atoms with van der Waals surface area (Å²) in [6.07, 6.45) is 0. The molecule has 2 amide bonds. The summed E-state index contributed by atoms with van der Waals surface area (Å²) in [5.41, 5.74) is 0.754. The zero-order valence-corrected chi connectivity index (χ0v) is 17.2. The summed E-state index contributed by atoms with van der Waals surface area (Å²) in [4.78, 5) is 47.4. The predicted molar refractivity (Wildman–Crippen MR) is 104 cm³/mol. The van der Waals surface area contributed by atoms with E-state index in [2.05, 4.69) is 10.6 Å². The van der Waals surface area contributed by atoms with Crippen molar-refractivity contribution in [1.82, 2.24) is 10.6 Å². The third-order valence-electron chi connectivity index (χ3n) is 4.16. The van der Waals surface area contributed by atoms with Gasteiger partial charge in [-0.3, -0.25) is 4.79 Å². The van der Waals surface area contributed by atoms with Crippen molar-refractivity contribution in [2.24, 2.45) is 0 Å². The van der Waals surface area contributed by atoms with E-state index in [0.717, 1.165) is 0 Å². The second-order valence-corrected chi connectivity index (χ2v) is 6.30. The quantitative estimate of drug-likeness (QED) is 0.452. The van der Waals surface area contributed by atoms with Gasteiger partial charge in [0, 0.05) is 5.56 Å². The molecule has 1 aliphatic heterocycles. The van der Waals surface area contributed by atoms with Crippen LogP contribution < -0.4 is 20.1 Å². The summed E-state index contributed by atoms with van der Waals surface area (Å²) in [7, 11) is 1.41. The molecule has 0 aliphatic carbocycles. The van der Waals surface area contributed by atoms with E-state index < -0.39 is 30.6 Å². The molecule has 1 aromatic carbocycles. The Morgan fingerprint density at radius 1 is 1.13 bits per heavy atom. The normalized spacial score (nSPS) is 15.6. The maximum Gasteiger partial charge on any atom is 0.344 e. The van der Waals surface area contributed by atoms with E-state index in [1.165, 1.54) is 26.2 Å². The Morgan fingerprint density at radius 2 is 1.87 bits per heavy atom. The van der Waals surface area contributed by atoms with Crippen LogP contribution in [0.3, 0.4) is 0 Å². The molecule has 0 saturated heterocycles. The van der Waals surface area contributed by atoms with Crippen molar-refractivity contribution in [1.29, 1.82) is 0 Å². The lowest BCUT2D eigenvalue weighted by Crippen LogP contribution is -2.50. The molecule has 10 heteroatoms. The van der Waals surface area contributed by atoms with Gasteiger partial charge in [-0.1, -0.05) is 0 Å². The number of hydrogen-bond acceptors (Lipinski definition) is 8. The van der Waals surface area contributed by atoms with Gasteiger partial charge in [-0.05, 0) is 39.0 Å². The van der Waals surface area contributed by atoms with Crippen molar-refractivity contribution in [3.63, 3.8) is 0 Å².